The molecule has 1 unspecified atom stereocenters. The summed E-state index contributed by atoms with van der Waals surface area (Å²) in [6.07, 6.45) is 1.90. The van der Waals surface area contributed by atoms with Crippen molar-refractivity contribution in [3.63, 3.8) is 0 Å². The van der Waals surface area contributed by atoms with E-state index in [-0.39, 0.29) is 24.6 Å². The van der Waals surface area contributed by atoms with Crippen molar-refractivity contribution in [1.82, 2.24) is 15.1 Å². The third kappa shape index (κ3) is 4.69. The zero-order valence-electron chi connectivity index (χ0n) is 16.1. The van der Waals surface area contributed by atoms with Gasteiger partial charge in [0.05, 0.1) is 37.1 Å². The minimum Gasteiger partial charge on any atom is -0.489 e. The normalized spacial score (nSPS) is 19.0. The summed E-state index contributed by atoms with van der Waals surface area (Å²) in [5.41, 5.74) is -0.0176. The second-order valence-electron chi connectivity index (χ2n) is 7.43. The fraction of sp³-hybridized carbons (Fsp3) is 0.450. The van der Waals surface area contributed by atoms with Gasteiger partial charge in [0.25, 0.3) is 5.91 Å². The van der Waals surface area contributed by atoms with E-state index in [2.05, 4.69) is 10.4 Å². The lowest BCUT2D eigenvalue weighted by Crippen LogP contribution is -2.50. The first-order valence-corrected chi connectivity index (χ1v) is 9.28. The molecular weight excluding hydrogens is 362 g/mol. The van der Waals surface area contributed by atoms with Crippen molar-refractivity contribution in [1.29, 1.82) is 0 Å². The Labute approximate surface area is 163 Å². The Morgan fingerprint density at radius 1 is 1.36 bits per heavy atom. The van der Waals surface area contributed by atoms with Crippen LogP contribution in [0.4, 0.5) is 0 Å². The third-order valence-corrected chi connectivity index (χ3v) is 4.46. The van der Waals surface area contributed by atoms with Gasteiger partial charge in [-0.25, -0.2) is 4.68 Å². The van der Waals surface area contributed by atoms with Crippen LogP contribution in [0.2, 0.25) is 0 Å². The number of benzene rings is 1. The number of aliphatic carboxylic acids is 1. The van der Waals surface area contributed by atoms with E-state index in [0.717, 1.165) is 5.69 Å². The Hall–Kier alpha value is -2.87. The number of nitrogens with zero attached hydrogens (tertiary/aromatic N) is 2. The molecule has 1 aliphatic rings. The first-order valence-electron chi connectivity index (χ1n) is 9.28. The standard InChI is InChI=1S/C20H25N3O5/c1-14(2)12-28-16-11-23(15-6-4-3-5-7-15)22-18(16)19(26)21-20(10-17(24)25)8-9-27-13-20/h3-7,11,14H,8-10,12-13H2,1-2H3,(H,21,26)(H,24,25). The van der Waals surface area contributed by atoms with Crippen LogP contribution in [0.1, 0.15) is 37.2 Å². The van der Waals surface area contributed by atoms with E-state index >= 15 is 0 Å². The quantitative estimate of drug-likeness (QED) is 0.720. The van der Waals surface area contributed by atoms with E-state index in [4.69, 9.17) is 9.47 Å². The third-order valence-electron chi connectivity index (χ3n) is 4.46. The van der Waals surface area contributed by atoms with Crippen LogP contribution in [0.15, 0.2) is 36.5 Å². The predicted octanol–water partition coefficient (Wildman–Crippen LogP) is 2.27. The van der Waals surface area contributed by atoms with Crippen LogP contribution in [0.25, 0.3) is 5.69 Å². The van der Waals surface area contributed by atoms with Gasteiger partial charge in [-0.3, -0.25) is 9.59 Å². The Balaban J connectivity index is 1.88. The van der Waals surface area contributed by atoms with Crippen molar-refractivity contribution in [2.24, 2.45) is 5.92 Å². The molecular formula is C20H25N3O5. The van der Waals surface area contributed by atoms with Crippen molar-refractivity contribution >= 4 is 11.9 Å². The maximum absolute atomic E-state index is 13.0. The summed E-state index contributed by atoms with van der Waals surface area (Å²) in [4.78, 5) is 24.2. The second-order valence-corrected chi connectivity index (χ2v) is 7.43. The van der Waals surface area contributed by atoms with Gasteiger partial charge in [0.2, 0.25) is 0 Å². The summed E-state index contributed by atoms with van der Waals surface area (Å²) in [7, 11) is 0. The molecule has 8 heteroatoms. The molecule has 0 spiro atoms. The van der Waals surface area contributed by atoms with Crippen LogP contribution in [0.5, 0.6) is 5.75 Å². The lowest BCUT2D eigenvalue weighted by molar-refractivity contribution is -0.138. The fourth-order valence-corrected chi connectivity index (χ4v) is 3.07. The molecule has 1 fully saturated rings. The Morgan fingerprint density at radius 3 is 2.71 bits per heavy atom. The number of para-hydroxylation sites is 1. The van der Waals surface area contributed by atoms with Crippen molar-refractivity contribution in [3.8, 4) is 11.4 Å². The van der Waals surface area contributed by atoms with E-state index in [0.29, 0.717) is 25.4 Å². The number of carboxylic acid groups (broad SMARTS) is 1. The van der Waals surface area contributed by atoms with E-state index in [1.165, 1.54) is 0 Å². The molecule has 0 saturated carbocycles. The Morgan fingerprint density at radius 2 is 2.11 bits per heavy atom. The van der Waals surface area contributed by atoms with Crippen LogP contribution in [-0.4, -0.2) is 52.1 Å². The zero-order valence-corrected chi connectivity index (χ0v) is 16.1. The molecule has 28 heavy (non-hydrogen) atoms. The van der Waals surface area contributed by atoms with Gasteiger partial charge in [-0.1, -0.05) is 32.0 Å². The average molecular weight is 387 g/mol. The smallest absolute Gasteiger partial charge is 0.305 e. The topological polar surface area (TPSA) is 103 Å². The van der Waals surface area contributed by atoms with Gasteiger partial charge in [-0.15, -0.1) is 0 Å². The van der Waals surface area contributed by atoms with E-state index in [9.17, 15) is 14.7 Å². The van der Waals surface area contributed by atoms with E-state index < -0.39 is 17.4 Å². The zero-order chi connectivity index (χ0) is 20.1. The van der Waals surface area contributed by atoms with Crippen molar-refractivity contribution in [2.75, 3.05) is 19.8 Å². The summed E-state index contributed by atoms with van der Waals surface area (Å²) in [5.74, 6) is -0.825. The van der Waals surface area contributed by atoms with Crippen LogP contribution < -0.4 is 10.1 Å². The number of amides is 1. The van der Waals surface area contributed by atoms with Crippen LogP contribution in [0, 0.1) is 5.92 Å². The summed E-state index contributed by atoms with van der Waals surface area (Å²) in [6, 6.07) is 9.40. The summed E-state index contributed by atoms with van der Waals surface area (Å²) in [5, 5.41) is 16.5. The number of aromatic nitrogens is 2. The van der Waals surface area contributed by atoms with Crippen LogP contribution >= 0.6 is 0 Å². The molecule has 1 aromatic carbocycles. The highest BCUT2D eigenvalue weighted by Crippen LogP contribution is 2.26. The van der Waals surface area contributed by atoms with Gasteiger partial charge in [0, 0.05) is 6.61 Å². The van der Waals surface area contributed by atoms with Crippen LogP contribution in [0.3, 0.4) is 0 Å². The first kappa shape index (κ1) is 19.9. The molecule has 3 rings (SSSR count). The average Bonchev–Trinajstić information content (AvgIpc) is 3.27. The number of rotatable bonds is 8. The van der Waals surface area contributed by atoms with Gasteiger partial charge in [-0.2, -0.15) is 5.10 Å². The molecule has 1 aromatic heterocycles. The number of carbonyl (C=O) groups excluding carboxylic acids is 1. The van der Waals surface area contributed by atoms with Gasteiger partial charge in [0.15, 0.2) is 11.4 Å². The molecule has 2 N–H and O–H groups in total. The molecule has 0 radical (unpaired) electrons. The Bertz CT molecular complexity index is 826. The second kappa shape index (κ2) is 8.43. The molecule has 150 valence electrons. The Kier molecular flexibility index (Phi) is 5.99. The molecule has 1 atom stereocenters. The number of hydrogen-bond donors (Lipinski definition) is 2. The molecule has 1 aliphatic heterocycles. The number of carboxylic acids is 1. The predicted molar refractivity (Wildman–Crippen MR) is 102 cm³/mol. The van der Waals surface area contributed by atoms with Gasteiger partial charge in [-0.05, 0) is 24.5 Å². The first-order chi connectivity index (χ1) is 13.4. The number of ether oxygens (including phenoxy) is 2. The van der Waals surface area contributed by atoms with Crippen molar-refractivity contribution in [3.05, 3.63) is 42.2 Å². The molecule has 1 amide bonds. The summed E-state index contributed by atoms with van der Waals surface area (Å²) in [6.45, 7) is 5.03. The van der Waals surface area contributed by atoms with Crippen LogP contribution in [-0.2, 0) is 9.53 Å². The largest absolute Gasteiger partial charge is 0.489 e. The minimum atomic E-state index is -0.989. The highest BCUT2D eigenvalue weighted by molar-refractivity contribution is 5.95. The number of hydrogen-bond acceptors (Lipinski definition) is 5. The molecule has 2 aromatic rings. The highest BCUT2D eigenvalue weighted by atomic mass is 16.5. The maximum atomic E-state index is 13.0. The number of nitrogens with one attached hydrogen (secondary N) is 1. The molecule has 0 bridgehead atoms. The molecule has 0 aliphatic carbocycles. The van der Waals surface area contributed by atoms with Gasteiger partial charge >= 0.3 is 5.97 Å². The van der Waals surface area contributed by atoms with E-state index in [1.54, 1.807) is 10.9 Å². The monoisotopic (exact) mass is 387 g/mol. The SMILES string of the molecule is CC(C)COc1cn(-c2ccccc2)nc1C(=O)NC1(CC(=O)O)CCOC1. The lowest BCUT2D eigenvalue weighted by Gasteiger charge is -2.26. The highest BCUT2D eigenvalue weighted by Gasteiger charge is 2.39. The summed E-state index contributed by atoms with van der Waals surface area (Å²) >= 11 is 0. The fourth-order valence-electron chi connectivity index (χ4n) is 3.07. The molecule has 2 heterocycles. The molecule has 8 nitrogen and oxygen atoms in total. The van der Waals surface area contributed by atoms with E-state index in [1.807, 2.05) is 44.2 Å². The summed E-state index contributed by atoms with van der Waals surface area (Å²) < 4.78 is 12.7. The molecule has 1 saturated heterocycles. The van der Waals surface area contributed by atoms with Crippen molar-refractivity contribution in [2.45, 2.75) is 32.2 Å². The van der Waals surface area contributed by atoms with Crippen molar-refractivity contribution < 1.29 is 24.2 Å². The number of carbonyl (C=O) groups is 2. The minimum absolute atomic E-state index is 0.126. The van der Waals surface area contributed by atoms with Gasteiger partial charge in [0.1, 0.15) is 0 Å². The van der Waals surface area contributed by atoms with Gasteiger partial charge < -0.3 is 19.9 Å². The lowest BCUT2D eigenvalue weighted by atomic mass is 9.94. The maximum Gasteiger partial charge on any atom is 0.305 e.